The molecule has 100 valence electrons. The predicted molar refractivity (Wildman–Crippen MR) is 75.8 cm³/mol. The second kappa shape index (κ2) is 5.01. The Kier molecular flexibility index (Phi) is 3.21. The number of aliphatic hydroxyl groups is 1. The van der Waals surface area contributed by atoms with Gasteiger partial charge in [0.05, 0.1) is 11.6 Å². The second-order valence-corrected chi connectivity index (χ2v) is 5.16. The van der Waals surface area contributed by atoms with Crippen molar-refractivity contribution in [3.05, 3.63) is 24.3 Å². The highest BCUT2D eigenvalue weighted by molar-refractivity contribution is 5.89. The van der Waals surface area contributed by atoms with Crippen LogP contribution in [0.2, 0.25) is 0 Å². The maximum atomic E-state index is 9.54. The molecule has 5 heteroatoms. The number of nitrogens with one attached hydrogen (secondary N) is 1. The van der Waals surface area contributed by atoms with E-state index in [0.717, 1.165) is 42.5 Å². The van der Waals surface area contributed by atoms with Crippen molar-refractivity contribution in [1.29, 1.82) is 0 Å². The van der Waals surface area contributed by atoms with Gasteiger partial charge in [-0.2, -0.15) is 4.98 Å². The van der Waals surface area contributed by atoms with E-state index in [2.05, 4.69) is 15.3 Å². The Balaban J connectivity index is 1.80. The fourth-order valence-electron chi connectivity index (χ4n) is 2.70. The third-order valence-electron chi connectivity index (χ3n) is 3.69. The van der Waals surface area contributed by atoms with E-state index >= 15 is 0 Å². The Bertz CT molecular complexity index is 587. The van der Waals surface area contributed by atoms with E-state index in [1.807, 2.05) is 24.3 Å². The Morgan fingerprint density at radius 3 is 2.89 bits per heavy atom. The van der Waals surface area contributed by atoms with Crippen molar-refractivity contribution in [3.8, 4) is 0 Å². The summed E-state index contributed by atoms with van der Waals surface area (Å²) in [7, 11) is 0. The quantitative estimate of drug-likeness (QED) is 0.781. The minimum atomic E-state index is -0.140. The molecule has 1 heterocycles. The third kappa shape index (κ3) is 2.61. The first kappa shape index (κ1) is 12.2. The number of fused-ring (bicyclic) bond motifs is 1. The number of hydrogen-bond donors (Lipinski definition) is 3. The van der Waals surface area contributed by atoms with Crippen LogP contribution in [0, 0.1) is 5.92 Å². The van der Waals surface area contributed by atoms with Crippen LogP contribution in [0.1, 0.15) is 19.3 Å². The minimum Gasteiger partial charge on any atom is -0.393 e. The summed E-state index contributed by atoms with van der Waals surface area (Å²) in [6.07, 6.45) is 2.69. The zero-order chi connectivity index (χ0) is 13.2. The number of para-hydroxylation sites is 1. The lowest BCUT2D eigenvalue weighted by atomic mass is 10.1. The number of hydrogen-bond acceptors (Lipinski definition) is 5. The summed E-state index contributed by atoms with van der Waals surface area (Å²) >= 11 is 0. The van der Waals surface area contributed by atoms with Gasteiger partial charge in [0, 0.05) is 11.9 Å². The highest BCUT2D eigenvalue weighted by Crippen LogP contribution is 2.27. The predicted octanol–water partition coefficient (Wildman–Crippen LogP) is 1.78. The molecule has 1 aromatic carbocycles. The van der Waals surface area contributed by atoms with Crippen LogP contribution >= 0.6 is 0 Å². The maximum absolute atomic E-state index is 9.54. The summed E-state index contributed by atoms with van der Waals surface area (Å²) in [5, 5.41) is 13.9. The van der Waals surface area contributed by atoms with Crippen LogP contribution in [0.25, 0.3) is 10.9 Å². The average molecular weight is 258 g/mol. The van der Waals surface area contributed by atoms with Crippen LogP contribution in [-0.2, 0) is 0 Å². The number of nitrogens with zero attached hydrogens (tertiary/aromatic N) is 2. The Labute approximate surface area is 111 Å². The first-order chi connectivity index (χ1) is 9.22. The van der Waals surface area contributed by atoms with Crippen molar-refractivity contribution in [2.45, 2.75) is 25.4 Å². The van der Waals surface area contributed by atoms with Gasteiger partial charge in [-0.25, -0.2) is 4.98 Å². The number of benzene rings is 1. The molecule has 1 fully saturated rings. The van der Waals surface area contributed by atoms with Crippen molar-refractivity contribution >= 4 is 22.7 Å². The summed E-state index contributed by atoms with van der Waals surface area (Å²) in [5.41, 5.74) is 6.58. The number of nitrogens with two attached hydrogens (primary N) is 1. The van der Waals surface area contributed by atoms with Crippen LogP contribution in [0.3, 0.4) is 0 Å². The van der Waals surface area contributed by atoms with E-state index in [1.54, 1.807) is 0 Å². The van der Waals surface area contributed by atoms with Gasteiger partial charge in [0.1, 0.15) is 5.82 Å². The molecule has 5 nitrogen and oxygen atoms in total. The van der Waals surface area contributed by atoms with Crippen LogP contribution < -0.4 is 11.1 Å². The lowest BCUT2D eigenvalue weighted by molar-refractivity contribution is 0.178. The standard InChI is InChI=1S/C14H18N4O/c15-14-17-12-4-2-1-3-11(12)13(18-14)16-8-9-5-6-10(19)7-9/h1-4,9-10,19H,5-8H2,(H3,15,16,17,18). The molecule has 2 atom stereocenters. The number of nitrogen functional groups attached to an aromatic ring is 1. The molecule has 1 saturated carbocycles. The molecule has 1 aromatic heterocycles. The number of rotatable bonds is 3. The summed E-state index contributed by atoms with van der Waals surface area (Å²) in [5.74, 6) is 1.57. The van der Waals surface area contributed by atoms with Gasteiger partial charge < -0.3 is 16.2 Å². The van der Waals surface area contributed by atoms with Crippen molar-refractivity contribution in [1.82, 2.24) is 9.97 Å². The van der Waals surface area contributed by atoms with Gasteiger partial charge in [0.2, 0.25) is 5.95 Å². The van der Waals surface area contributed by atoms with Gasteiger partial charge in [-0.1, -0.05) is 12.1 Å². The fourth-order valence-corrected chi connectivity index (χ4v) is 2.70. The molecule has 4 N–H and O–H groups in total. The van der Waals surface area contributed by atoms with Gasteiger partial charge >= 0.3 is 0 Å². The molecule has 0 aliphatic heterocycles. The van der Waals surface area contributed by atoms with Gasteiger partial charge in [-0.3, -0.25) is 0 Å². The Morgan fingerprint density at radius 2 is 2.11 bits per heavy atom. The molecular formula is C14H18N4O. The van der Waals surface area contributed by atoms with Crippen LogP contribution in [0.4, 0.5) is 11.8 Å². The summed E-state index contributed by atoms with van der Waals surface area (Å²) in [6, 6.07) is 7.82. The van der Waals surface area contributed by atoms with E-state index in [0.29, 0.717) is 5.92 Å². The molecule has 3 rings (SSSR count). The Morgan fingerprint density at radius 1 is 1.26 bits per heavy atom. The molecule has 2 aromatic rings. The number of anilines is 2. The molecule has 0 saturated heterocycles. The molecule has 0 spiro atoms. The van der Waals surface area contributed by atoms with E-state index in [1.165, 1.54) is 0 Å². The zero-order valence-corrected chi connectivity index (χ0v) is 10.7. The lowest BCUT2D eigenvalue weighted by Gasteiger charge is -2.13. The average Bonchev–Trinajstić information content (AvgIpc) is 2.81. The van der Waals surface area contributed by atoms with Crippen molar-refractivity contribution in [2.75, 3.05) is 17.6 Å². The van der Waals surface area contributed by atoms with Crippen LogP contribution in [-0.4, -0.2) is 27.7 Å². The van der Waals surface area contributed by atoms with Crippen LogP contribution in [0.15, 0.2) is 24.3 Å². The van der Waals surface area contributed by atoms with Crippen molar-refractivity contribution in [3.63, 3.8) is 0 Å². The molecule has 0 amide bonds. The molecule has 1 aliphatic rings. The van der Waals surface area contributed by atoms with Gasteiger partial charge in [0.15, 0.2) is 0 Å². The Hall–Kier alpha value is -1.88. The van der Waals surface area contributed by atoms with E-state index in [4.69, 9.17) is 5.73 Å². The van der Waals surface area contributed by atoms with Gasteiger partial charge in [-0.15, -0.1) is 0 Å². The number of aliphatic hydroxyl groups excluding tert-OH is 1. The minimum absolute atomic E-state index is 0.140. The first-order valence-electron chi connectivity index (χ1n) is 6.66. The summed E-state index contributed by atoms with van der Waals surface area (Å²) in [4.78, 5) is 8.49. The molecule has 2 unspecified atom stereocenters. The van der Waals surface area contributed by atoms with E-state index in [-0.39, 0.29) is 12.1 Å². The lowest BCUT2D eigenvalue weighted by Crippen LogP contribution is -2.14. The molecule has 1 aliphatic carbocycles. The van der Waals surface area contributed by atoms with Gasteiger partial charge in [0.25, 0.3) is 0 Å². The maximum Gasteiger partial charge on any atom is 0.222 e. The van der Waals surface area contributed by atoms with Crippen molar-refractivity contribution < 1.29 is 5.11 Å². The highest BCUT2D eigenvalue weighted by atomic mass is 16.3. The largest absolute Gasteiger partial charge is 0.393 e. The van der Waals surface area contributed by atoms with Crippen molar-refractivity contribution in [2.24, 2.45) is 5.92 Å². The van der Waals surface area contributed by atoms with E-state index in [9.17, 15) is 5.11 Å². The molecular weight excluding hydrogens is 240 g/mol. The second-order valence-electron chi connectivity index (χ2n) is 5.16. The fraction of sp³-hybridized carbons (Fsp3) is 0.429. The van der Waals surface area contributed by atoms with Gasteiger partial charge in [-0.05, 0) is 37.3 Å². The summed E-state index contributed by atoms with van der Waals surface area (Å²) < 4.78 is 0. The summed E-state index contributed by atoms with van der Waals surface area (Å²) in [6.45, 7) is 0.817. The molecule has 0 radical (unpaired) electrons. The monoisotopic (exact) mass is 258 g/mol. The van der Waals surface area contributed by atoms with Crippen LogP contribution in [0.5, 0.6) is 0 Å². The molecule has 19 heavy (non-hydrogen) atoms. The normalized spacial score (nSPS) is 22.8. The first-order valence-corrected chi connectivity index (χ1v) is 6.66. The topological polar surface area (TPSA) is 84.1 Å². The highest BCUT2D eigenvalue weighted by Gasteiger charge is 2.22. The zero-order valence-electron chi connectivity index (χ0n) is 10.7. The smallest absolute Gasteiger partial charge is 0.222 e. The SMILES string of the molecule is Nc1nc(NCC2CCC(O)C2)c2ccccc2n1. The third-order valence-corrected chi connectivity index (χ3v) is 3.69. The molecule has 0 bridgehead atoms. The van der Waals surface area contributed by atoms with E-state index < -0.39 is 0 Å². The number of aromatic nitrogens is 2.